The van der Waals surface area contributed by atoms with Gasteiger partial charge in [-0.05, 0) is 38.5 Å². The van der Waals surface area contributed by atoms with Gasteiger partial charge in [-0.3, -0.25) is 0 Å². The molecule has 0 aromatic heterocycles. The highest BCUT2D eigenvalue weighted by atomic mass is 32.2. The Balaban J connectivity index is 4.80. The van der Waals surface area contributed by atoms with E-state index in [0.29, 0.717) is 6.42 Å². The molecule has 0 amide bonds. The van der Waals surface area contributed by atoms with Crippen molar-refractivity contribution in [3.05, 3.63) is 0 Å². The number of rotatable bonds is 37. The summed E-state index contributed by atoms with van der Waals surface area (Å²) >= 11 is 0. The second kappa shape index (κ2) is 32.8. The highest BCUT2D eigenvalue weighted by Crippen LogP contribution is 2.21. The Morgan fingerprint density at radius 2 is 0.545 bits per heavy atom. The Morgan fingerprint density at radius 1 is 0.341 bits per heavy atom. The van der Waals surface area contributed by atoms with E-state index in [-0.39, 0.29) is 5.75 Å². The molecule has 0 unspecified atom stereocenters. The second-order valence-electron chi connectivity index (χ2n) is 14.4. The van der Waals surface area contributed by atoms with Crippen molar-refractivity contribution in [3.63, 3.8) is 0 Å². The molecule has 0 aliphatic heterocycles. The van der Waals surface area contributed by atoms with Crippen LogP contribution in [0.3, 0.4) is 0 Å². The van der Waals surface area contributed by atoms with E-state index in [0.717, 1.165) is 11.0 Å². The van der Waals surface area contributed by atoms with Gasteiger partial charge in [0, 0.05) is 12.2 Å². The van der Waals surface area contributed by atoms with Gasteiger partial charge in [-0.1, -0.05) is 175 Å². The number of quaternary nitrogens is 1. The van der Waals surface area contributed by atoms with E-state index in [9.17, 15) is 13.0 Å². The van der Waals surface area contributed by atoms with Crippen LogP contribution in [0.2, 0.25) is 0 Å². The minimum Gasteiger partial charge on any atom is -0.748 e. The molecule has 44 heavy (non-hydrogen) atoms. The maximum atomic E-state index is 11.5. The SMILES string of the molecule is CCCCCCCCCCCC[N+](CCCCCCCCCCCC)(CCCCCCCCCCCC)CCCS(=O)(=O)[O-]. The zero-order chi connectivity index (χ0) is 32.5. The first-order chi connectivity index (χ1) is 21.4. The van der Waals surface area contributed by atoms with Crippen LogP contribution in [0.1, 0.15) is 220 Å². The predicted octanol–water partition coefficient (Wildman–Crippen LogP) is 12.5. The number of nitrogens with zero attached hydrogens (tertiary/aromatic N) is 1. The summed E-state index contributed by atoms with van der Waals surface area (Å²) in [7, 11) is -4.14. The molecular formula is C39H81NO3S. The van der Waals surface area contributed by atoms with Gasteiger partial charge in [-0.2, -0.15) is 0 Å². The smallest absolute Gasteiger partial charge is 0.0948 e. The van der Waals surface area contributed by atoms with Crippen LogP contribution in [0.5, 0.6) is 0 Å². The summed E-state index contributed by atoms with van der Waals surface area (Å²) in [6, 6.07) is 0. The third-order valence-corrected chi connectivity index (χ3v) is 10.8. The first-order valence-corrected chi connectivity index (χ1v) is 21.8. The lowest BCUT2D eigenvalue weighted by Crippen LogP contribution is -2.51. The molecule has 5 heteroatoms. The fourth-order valence-corrected chi connectivity index (χ4v) is 7.53. The Bertz CT molecular complexity index is 606. The normalized spacial score (nSPS) is 12.4. The van der Waals surface area contributed by atoms with Crippen LogP contribution in [0.15, 0.2) is 0 Å². The van der Waals surface area contributed by atoms with E-state index in [4.69, 9.17) is 0 Å². The number of unbranched alkanes of at least 4 members (excludes halogenated alkanes) is 27. The molecule has 0 aliphatic rings. The van der Waals surface area contributed by atoms with E-state index < -0.39 is 10.1 Å². The molecular weight excluding hydrogens is 563 g/mol. The maximum Gasteiger partial charge on any atom is 0.0948 e. The summed E-state index contributed by atoms with van der Waals surface area (Å²) in [5.74, 6) is -0.193. The van der Waals surface area contributed by atoms with Crippen molar-refractivity contribution in [3.8, 4) is 0 Å². The van der Waals surface area contributed by atoms with Gasteiger partial charge in [0.1, 0.15) is 0 Å². The van der Waals surface area contributed by atoms with Gasteiger partial charge in [0.2, 0.25) is 0 Å². The Labute approximate surface area is 278 Å². The molecule has 0 aliphatic carbocycles. The molecule has 4 nitrogen and oxygen atoms in total. The molecule has 0 atom stereocenters. The molecule has 0 N–H and O–H groups in total. The molecule has 0 aromatic carbocycles. The van der Waals surface area contributed by atoms with Crippen molar-refractivity contribution in [1.29, 1.82) is 0 Å². The standard InChI is InChI=1S/C39H81NO3S/c1-4-7-10-13-16-19-22-25-28-31-35-40(38-34-39-44(41,42)43,36-32-29-26-23-20-17-14-11-8-5-2)37-33-30-27-24-21-18-15-12-9-6-3/h4-39H2,1-3H3. The average Bonchev–Trinajstić information content (AvgIpc) is 2.99. The van der Waals surface area contributed by atoms with Crippen LogP contribution in [0.25, 0.3) is 0 Å². The van der Waals surface area contributed by atoms with E-state index in [1.165, 1.54) is 212 Å². The van der Waals surface area contributed by atoms with Crippen LogP contribution in [0.4, 0.5) is 0 Å². The van der Waals surface area contributed by atoms with E-state index in [1.54, 1.807) is 0 Å². The molecule has 0 radical (unpaired) electrons. The molecule has 266 valence electrons. The Morgan fingerprint density at radius 3 is 0.773 bits per heavy atom. The maximum absolute atomic E-state index is 11.5. The van der Waals surface area contributed by atoms with Crippen LogP contribution < -0.4 is 0 Å². The lowest BCUT2D eigenvalue weighted by molar-refractivity contribution is -0.928. The summed E-state index contributed by atoms with van der Waals surface area (Å²) < 4.78 is 35.5. The van der Waals surface area contributed by atoms with Crippen molar-refractivity contribution < 1.29 is 17.5 Å². The zero-order valence-corrected chi connectivity index (χ0v) is 31.4. The number of hydrogen-bond acceptors (Lipinski definition) is 3. The van der Waals surface area contributed by atoms with Crippen molar-refractivity contribution >= 4 is 10.1 Å². The summed E-state index contributed by atoms with van der Waals surface area (Å²) in [4.78, 5) is 0. The fraction of sp³-hybridized carbons (Fsp3) is 1.00. The predicted molar refractivity (Wildman–Crippen MR) is 194 cm³/mol. The minimum absolute atomic E-state index is 0.193. The van der Waals surface area contributed by atoms with Crippen molar-refractivity contribution in [2.24, 2.45) is 0 Å². The van der Waals surface area contributed by atoms with Crippen LogP contribution in [-0.4, -0.2) is 49.4 Å². The lowest BCUT2D eigenvalue weighted by Gasteiger charge is -2.40. The highest BCUT2D eigenvalue weighted by molar-refractivity contribution is 7.85. The minimum atomic E-state index is -4.14. The highest BCUT2D eigenvalue weighted by Gasteiger charge is 2.26. The molecule has 0 heterocycles. The van der Waals surface area contributed by atoms with E-state index in [1.807, 2.05) is 0 Å². The molecule has 0 spiro atoms. The molecule has 0 bridgehead atoms. The summed E-state index contributed by atoms with van der Waals surface area (Å²) in [5, 5.41) is 0. The first kappa shape index (κ1) is 43.9. The summed E-state index contributed by atoms with van der Waals surface area (Å²) in [6.45, 7) is 11.2. The molecule has 0 fully saturated rings. The van der Waals surface area contributed by atoms with Gasteiger partial charge < -0.3 is 9.04 Å². The third-order valence-electron chi connectivity index (χ3n) is 9.98. The summed E-state index contributed by atoms with van der Waals surface area (Å²) in [5.41, 5.74) is 0. The first-order valence-electron chi connectivity index (χ1n) is 20.2. The van der Waals surface area contributed by atoms with Gasteiger partial charge in [0.05, 0.1) is 36.3 Å². The van der Waals surface area contributed by atoms with Gasteiger partial charge in [-0.15, -0.1) is 0 Å². The monoisotopic (exact) mass is 644 g/mol. The second-order valence-corrected chi connectivity index (χ2v) is 15.9. The zero-order valence-electron chi connectivity index (χ0n) is 30.5. The van der Waals surface area contributed by atoms with Crippen LogP contribution in [-0.2, 0) is 10.1 Å². The van der Waals surface area contributed by atoms with Crippen molar-refractivity contribution in [1.82, 2.24) is 0 Å². The quantitative estimate of drug-likeness (QED) is 0.0384. The van der Waals surface area contributed by atoms with Gasteiger partial charge in [0.15, 0.2) is 0 Å². The fourth-order valence-electron chi connectivity index (χ4n) is 7.05. The van der Waals surface area contributed by atoms with Gasteiger partial charge in [0.25, 0.3) is 0 Å². The van der Waals surface area contributed by atoms with Crippen molar-refractivity contribution in [2.75, 3.05) is 31.9 Å². The number of hydrogen-bond donors (Lipinski definition) is 0. The van der Waals surface area contributed by atoms with Gasteiger partial charge in [-0.25, -0.2) is 8.42 Å². The van der Waals surface area contributed by atoms with Crippen LogP contribution >= 0.6 is 0 Å². The molecule has 0 saturated heterocycles. The average molecular weight is 644 g/mol. The Hall–Kier alpha value is -0.130. The molecule has 0 aromatic rings. The molecule has 0 rings (SSSR count). The largest absolute Gasteiger partial charge is 0.748 e. The van der Waals surface area contributed by atoms with Gasteiger partial charge >= 0.3 is 0 Å². The van der Waals surface area contributed by atoms with Crippen LogP contribution in [0, 0.1) is 0 Å². The molecule has 0 saturated carbocycles. The van der Waals surface area contributed by atoms with E-state index in [2.05, 4.69) is 20.8 Å². The van der Waals surface area contributed by atoms with Crippen molar-refractivity contribution in [2.45, 2.75) is 220 Å². The lowest BCUT2D eigenvalue weighted by atomic mass is 10.0. The Kier molecular flexibility index (Phi) is 32.7. The summed E-state index contributed by atoms with van der Waals surface area (Å²) in [6.07, 6.45) is 41.0. The third kappa shape index (κ3) is 31.8. The topological polar surface area (TPSA) is 57.2 Å². The van der Waals surface area contributed by atoms with E-state index >= 15 is 0 Å².